The lowest BCUT2D eigenvalue weighted by Crippen LogP contribution is -2.40. The number of halogens is 2. The van der Waals surface area contributed by atoms with E-state index in [0.29, 0.717) is 31.0 Å². The summed E-state index contributed by atoms with van der Waals surface area (Å²) in [5.74, 6) is 0.561. The maximum Gasteiger partial charge on any atom is 0.163 e. The second-order valence-corrected chi connectivity index (χ2v) is 16.1. The van der Waals surface area contributed by atoms with Crippen LogP contribution in [0.25, 0.3) is 33.4 Å². The average molecular weight is 753 g/mol. The van der Waals surface area contributed by atoms with Gasteiger partial charge in [-0.1, -0.05) is 19.4 Å². The predicted octanol–water partition coefficient (Wildman–Crippen LogP) is 9.75. The molecule has 286 valence electrons. The molecule has 4 aromatic heterocycles. The van der Waals surface area contributed by atoms with Gasteiger partial charge in [-0.3, -0.25) is 9.59 Å². The van der Waals surface area contributed by atoms with E-state index in [-0.39, 0.29) is 28.2 Å². The lowest BCUT2D eigenvalue weighted by Gasteiger charge is -2.43. The molecule has 0 amide bonds. The highest BCUT2D eigenvalue weighted by Crippen LogP contribution is 2.51. The van der Waals surface area contributed by atoms with Gasteiger partial charge >= 0.3 is 0 Å². The van der Waals surface area contributed by atoms with E-state index in [1.54, 1.807) is 33.6 Å². The highest BCUT2D eigenvalue weighted by Gasteiger charge is 2.46. The summed E-state index contributed by atoms with van der Waals surface area (Å²) in [5.41, 5.74) is 9.32. The number of Topliss-reactive ketones (excluding diaryl/α,β-unsaturated/α-hetero) is 1. The van der Waals surface area contributed by atoms with E-state index in [1.165, 1.54) is 41.0 Å². The van der Waals surface area contributed by atoms with Crippen molar-refractivity contribution in [2.75, 3.05) is 0 Å². The largest absolute Gasteiger partial charge is 0.300 e. The summed E-state index contributed by atoms with van der Waals surface area (Å²) in [6.45, 7) is 4.47. The molecule has 0 aliphatic heterocycles. The summed E-state index contributed by atoms with van der Waals surface area (Å²) in [6, 6.07) is 17.2. The number of allylic oxidation sites excluding steroid dienone is 2. The SMILES string of the molecule is CCC12CCC(=O)C=C1CCCc1nc3c(cnn3-c3ccc(F)cc3)cc12.CC[C@@]12CCC(=O)C[C@H]1CCCc1nc3c(cnn3-c3ccc(F)cc3)cc12. The van der Waals surface area contributed by atoms with Crippen molar-refractivity contribution in [3.63, 3.8) is 0 Å². The van der Waals surface area contributed by atoms with Crippen LogP contribution in [0, 0.1) is 17.6 Å². The van der Waals surface area contributed by atoms with Crippen LogP contribution in [-0.4, -0.2) is 41.1 Å². The van der Waals surface area contributed by atoms with E-state index < -0.39 is 0 Å². The fourth-order valence-corrected chi connectivity index (χ4v) is 10.4. The molecule has 1 unspecified atom stereocenters. The summed E-state index contributed by atoms with van der Waals surface area (Å²) >= 11 is 0. The van der Waals surface area contributed by atoms with E-state index in [4.69, 9.17) is 9.97 Å². The van der Waals surface area contributed by atoms with Gasteiger partial charge in [0.25, 0.3) is 0 Å². The highest BCUT2D eigenvalue weighted by atomic mass is 19.1. The minimum Gasteiger partial charge on any atom is -0.300 e. The van der Waals surface area contributed by atoms with Gasteiger partial charge in [-0.05, 0) is 148 Å². The number of fused-ring (bicyclic) bond motifs is 8. The fourth-order valence-electron chi connectivity index (χ4n) is 10.4. The molecule has 0 radical (unpaired) electrons. The minimum absolute atomic E-state index is 0.0545. The first-order chi connectivity index (χ1) is 27.2. The van der Waals surface area contributed by atoms with Gasteiger partial charge in [0.1, 0.15) is 17.4 Å². The average Bonchev–Trinajstić information content (AvgIpc) is 3.74. The Morgan fingerprint density at radius 1 is 0.696 bits per heavy atom. The Hall–Kier alpha value is -5.38. The van der Waals surface area contributed by atoms with E-state index in [1.807, 2.05) is 18.5 Å². The van der Waals surface area contributed by atoms with Crippen LogP contribution in [0.15, 0.2) is 84.7 Å². The third kappa shape index (κ3) is 6.08. The molecule has 56 heavy (non-hydrogen) atoms. The van der Waals surface area contributed by atoms with Gasteiger partial charge in [0.05, 0.1) is 23.8 Å². The van der Waals surface area contributed by atoms with Crippen LogP contribution in [-0.2, 0) is 33.3 Å². The number of benzene rings is 2. The second kappa shape index (κ2) is 14.3. The maximum absolute atomic E-state index is 13.3. The van der Waals surface area contributed by atoms with Gasteiger partial charge in [-0.25, -0.2) is 28.1 Å². The zero-order valence-corrected chi connectivity index (χ0v) is 32.0. The van der Waals surface area contributed by atoms with Crippen LogP contribution in [0.3, 0.4) is 0 Å². The molecule has 10 heteroatoms. The first-order valence-electron chi connectivity index (χ1n) is 20.2. The lowest BCUT2D eigenvalue weighted by atomic mass is 9.60. The summed E-state index contributed by atoms with van der Waals surface area (Å²) < 4.78 is 30.2. The molecule has 4 heterocycles. The van der Waals surface area contributed by atoms with Crippen LogP contribution in [0.1, 0.15) is 107 Å². The lowest BCUT2D eigenvalue weighted by molar-refractivity contribution is -0.123. The zero-order chi connectivity index (χ0) is 38.6. The number of carbonyl (C=O) groups excluding carboxylic acids is 2. The first kappa shape index (κ1) is 36.3. The Labute approximate surface area is 325 Å². The highest BCUT2D eigenvalue weighted by molar-refractivity contribution is 5.92. The third-order valence-corrected chi connectivity index (χ3v) is 13.4. The molecule has 10 rings (SSSR count). The van der Waals surface area contributed by atoms with Crippen molar-refractivity contribution in [2.24, 2.45) is 5.92 Å². The van der Waals surface area contributed by atoms with Crippen LogP contribution >= 0.6 is 0 Å². The molecule has 1 fully saturated rings. The molecule has 4 aliphatic rings. The van der Waals surface area contributed by atoms with Crippen molar-refractivity contribution in [1.82, 2.24) is 29.5 Å². The number of rotatable bonds is 4. The molecule has 6 aromatic rings. The molecule has 0 spiro atoms. The number of pyridine rings is 2. The standard InChI is InChI=1S/C23H24FN3O.C23H22FN3O/c2*1-2-23-11-10-19(28)13-16(23)4-3-5-21-20(23)12-15-14-25-27(22(15)26-21)18-8-6-17(24)7-9-18/h6-9,12,14,16H,2-5,10-11,13H2,1H3;6-9,12-14H,2-5,10-11H2,1H3/t16-,23-;/m1./s1. The number of hydrogen-bond acceptors (Lipinski definition) is 6. The van der Waals surface area contributed by atoms with Gasteiger partial charge in [-0.15, -0.1) is 0 Å². The molecule has 1 saturated carbocycles. The summed E-state index contributed by atoms with van der Waals surface area (Å²) in [5, 5.41) is 11.0. The fraction of sp³-hybridized carbons (Fsp3) is 0.391. The molecule has 0 saturated heterocycles. The number of carbonyl (C=O) groups is 2. The molecule has 2 aromatic carbocycles. The Bertz CT molecular complexity index is 2520. The quantitative estimate of drug-likeness (QED) is 0.178. The van der Waals surface area contributed by atoms with Gasteiger partial charge < -0.3 is 0 Å². The molecule has 0 bridgehead atoms. The third-order valence-electron chi connectivity index (χ3n) is 13.4. The summed E-state index contributed by atoms with van der Waals surface area (Å²) in [7, 11) is 0. The summed E-state index contributed by atoms with van der Waals surface area (Å²) in [4.78, 5) is 34.3. The van der Waals surface area contributed by atoms with Crippen molar-refractivity contribution in [1.29, 1.82) is 0 Å². The zero-order valence-electron chi connectivity index (χ0n) is 32.0. The van der Waals surface area contributed by atoms with Crippen molar-refractivity contribution < 1.29 is 18.4 Å². The number of aryl methyl sites for hydroxylation is 2. The van der Waals surface area contributed by atoms with E-state index in [0.717, 1.165) is 109 Å². The van der Waals surface area contributed by atoms with Crippen LogP contribution in [0.5, 0.6) is 0 Å². The minimum atomic E-state index is -0.266. The Kier molecular flexibility index (Phi) is 9.25. The summed E-state index contributed by atoms with van der Waals surface area (Å²) in [6.07, 6.45) is 17.3. The van der Waals surface area contributed by atoms with Crippen molar-refractivity contribution >= 4 is 33.6 Å². The molecular formula is C46H46F2N6O2. The van der Waals surface area contributed by atoms with E-state index >= 15 is 0 Å². The van der Waals surface area contributed by atoms with Crippen molar-refractivity contribution in [3.8, 4) is 11.4 Å². The van der Waals surface area contributed by atoms with E-state index in [2.05, 4.69) is 36.2 Å². The normalized spacial score (nSPS) is 23.2. The molecule has 8 nitrogen and oxygen atoms in total. The van der Waals surface area contributed by atoms with Gasteiger partial charge in [0, 0.05) is 52.3 Å². The monoisotopic (exact) mass is 752 g/mol. The van der Waals surface area contributed by atoms with Gasteiger partial charge in [0.15, 0.2) is 17.1 Å². The molecule has 3 atom stereocenters. The topological polar surface area (TPSA) is 95.6 Å². The number of ketones is 2. The smallest absolute Gasteiger partial charge is 0.163 e. The van der Waals surface area contributed by atoms with Crippen molar-refractivity contribution in [2.45, 2.75) is 108 Å². The molecule has 0 N–H and O–H groups in total. The Morgan fingerprint density at radius 2 is 1.29 bits per heavy atom. The van der Waals surface area contributed by atoms with Crippen molar-refractivity contribution in [3.05, 3.63) is 119 Å². The number of nitrogens with zero attached hydrogens (tertiary/aromatic N) is 6. The van der Waals surface area contributed by atoms with Gasteiger partial charge in [0.2, 0.25) is 0 Å². The Balaban J connectivity index is 0.000000146. The number of hydrogen-bond donors (Lipinski definition) is 0. The predicted molar refractivity (Wildman–Crippen MR) is 212 cm³/mol. The van der Waals surface area contributed by atoms with Gasteiger partial charge in [-0.2, -0.15) is 10.2 Å². The Morgan fingerprint density at radius 3 is 1.89 bits per heavy atom. The molecule has 4 aliphatic carbocycles. The number of aromatic nitrogens is 6. The van der Waals surface area contributed by atoms with Crippen LogP contribution in [0.4, 0.5) is 8.78 Å². The second-order valence-electron chi connectivity index (χ2n) is 16.1. The molecular weight excluding hydrogens is 707 g/mol. The van der Waals surface area contributed by atoms with Crippen LogP contribution < -0.4 is 0 Å². The maximum atomic E-state index is 13.3. The van der Waals surface area contributed by atoms with Crippen LogP contribution in [0.2, 0.25) is 0 Å². The first-order valence-corrected chi connectivity index (χ1v) is 20.2. The van der Waals surface area contributed by atoms with E-state index in [9.17, 15) is 18.4 Å².